The standard InChI is InChI=1S/C23H28O6/c24-14-21-12-18(25)13-23(28-21)29-22-4-2-1-3-17(22)11-16-5-7-19(8-6-16)27-20-9-10-26-15-20/h1-8,18,20-21,23-25H,9-15H2. The Bertz CT molecular complexity index is 771. The molecule has 0 spiro atoms. The van der Waals surface area contributed by atoms with E-state index in [1.165, 1.54) is 0 Å². The number of aliphatic hydroxyl groups excluding tert-OH is 2. The van der Waals surface area contributed by atoms with Gasteiger partial charge in [0, 0.05) is 25.7 Å². The van der Waals surface area contributed by atoms with Crippen molar-refractivity contribution in [2.24, 2.45) is 0 Å². The van der Waals surface area contributed by atoms with Gasteiger partial charge in [0.05, 0.1) is 32.0 Å². The first kappa shape index (κ1) is 20.2. The first-order valence-electron chi connectivity index (χ1n) is 10.2. The lowest BCUT2D eigenvalue weighted by atomic mass is 10.0. The Hall–Kier alpha value is -2.12. The lowest BCUT2D eigenvalue weighted by Crippen LogP contribution is -2.40. The molecule has 2 aromatic rings. The van der Waals surface area contributed by atoms with Crippen molar-refractivity contribution in [2.75, 3.05) is 19.8 Å². The minimum Gasteiger partial charge on any atom is -0.488 e. The van der Waals surface area contributed by atoms with Gasteiger partial charge in [-0.05, 0) is 29.3 Å². The number of ether oxygens (including phenoxy) is 4. The summed E-state index contributed by atoms with van der Waals surface area (Å²) in [6.07, 6.45) is 1.11. The predicted molar refractivity (Wildman–Crippen MR) is 107 cm³/mol. The normalized spacial score (nSPS) is 27.0. The molecule has 4 unspecified atom stereocenters. The van der Waals surface area contributed by atoms with Gasteiger partial charge in [-0.15, -0.1) is 0 Å². The maximum atomic E-state index is 10.0. The number of hydrogen-bond donors (Lipinski definition) is 2. The van der Waals surface area contributed by atoms with Crippen LogP contribution in [0.25, 0.3) is 0 Å². The van der Waals surface area contributed by atoms with E-state index in [0.29, 0.717) is 25.9 Å². The van der Waals surface area contributed by atoms with Crippen LogP contribution in [0.4, 0.5) is 0 Å². The molecule has 2 aliphatic heterocycles. The molecule has 0 radical (unpaired) electrons. The number of aliphatic hydroxyl groups is 2. The topological polar surface area (TPSA) is 77.4 Å². The van der Waals surface area contributed by atoms with E-state index in [9.17, 15) is 10.2 Å². The van der Waals surface area contributed by atoms with Crippen LogP contribution in [0.1, 0.15) is 30.4 Å². The van der Waals surface area contributed by atoms with Crippen LogP contribution in [0, 0.1) is 0 Å². The Labute approximate surface area is 171 Å². The Balaban J connectivity index is 1.40. The second kappa shape index (κ2) is 9.59. The van der Waals surface area contributed by atoms with Gasteiger partial charge in [-0.1, -0.05) is 30.3 Å². The first-order valence-corrected chi connectivity index (χ1v) is 10.2. The molecule has 0 bridgehead atoms. The molecule has 6 heteroatoms. The Kier molecular flexibility index (Phi) is 6.67. The second-order valence-electron chi connectivity index (χ2n) is 7.65. The van der Waals surface area contributed by atoms with E-state index in [0.717, 1.165) is 35.7 Å². The summed E-state index contributed by atoms with van der Waals surface area (Å²) in [6, 6.07) is 15.9. The van der Waals surface area contributed by atoms with Crippen molar-refractivity contribution in [1.82, 2.24) is 0 Å². The summed E-state index contributed by atoms with van der Waals surface area (Å²) in [6.45, 7) is 1.29. The molecule has 2 N–H and O–H groups in total. The van der Waals surface area contributed by atoms with E-state index in [1.807, 2.05) is 36.4 Å². The highest BCUT2D eigenvalue weighted by Gasteiger charge is 2.29. The van der Waals surface area contributed by atoms with Crippen LogP contribution in [-0.4, -0.2) is 54.6 Å². The maximum absolute atomic E-state index is 10.0. The smallest absolute Gasteiger partial charge is 0.202 e. The highest BCUT2D eigenvalue weighted by molar-refractivity contribution is 5.39. The molecule has 156 valence electrons. The number of benzene rings is 2. The van der Waals surface area contributed by atoms with Gasteiger partial charge in [0.25, 0.3) is 0 Å². The van der Waals surface area contributed by atoms with Gasteiger partial charge >= 0.3 is 0 Å². The number of para-hydroxylation sites is 1. The van der Waals surface area contributed by atoms with Crippen molar-refractivity contribution in [1.29, 1.82) is 0 Å². The zero-order chi connectivity index (χ0) is 20.1. The fraction of sp³-hybridized carbons (Fsp3) is 0.478. The summed E-state index contributed by atoms with van der Waals surface area (Å²) in [5.74, 6) is 1.58. The van der Waals surface area contributed by atoms with E-state index in [-0.39, 0.29) is 12.7 Å². The zero-order valence-corrected chi connectivity index (χ0v) is 16.4. The lowest BCUT2D eigenvalue weighted by molar-refractivity contribution is -0.184. The summed E-state index contributed by atoms with van der Waals surface area (Å²) >= 11 is 0. The lowest BCUT2D eigenvalue weighted by Gasteiger charge is -2.32. The van der Waals surface area contributed by atoms with Crippen molar-refractivity contribution in [3.63, 3.8) is 0 Å². The summed E-state index contributed by atoms with van der Waals surface area (Å²) < 4.78 is 23.1. The van der Waals surface area contributed by atoms with Gasteiger partial charge in [0.1, 0.15) is 17.6 Å². The fourth-order valence-corrected chi connectivity index (χ4v) is 3.75. The molecule has 0 aromatic heterocycles. The van der Waals surface area contributed by atoms with E-state index in [4.69, 9.17) is 18.9 Å². The van der Waals surface area contributed by atoms with Crippen molar-refractivity contribution in [3.05, 3.63) is 59.7 Å². The monoisotopic (exact) mass is 400 g/mol. The second-order valence-corrected chi connectivity index (χ2v) is 7.65. The molecule has 2 aliphatic rings. The van der Waals surface area contributed by atoms with Crippen molar-refractivity contribution >= 4 is 0 Å². The van der Waals surface area contributed by atoms with Crippen LogP contribution in [0.15, 0.2) is 48.5 Å². The fourth-order valence-electron chi connectivity index (χ4n) is 3.75. The van der Waals surface area contributed by atoms with Gasteiger partial charge in [-0.25, -0.2) is 0 Å². The van der Waals surface area contributed by atoms with E-state index in [1.54, 1.807) is 0 Å². The van der Waals surface area contributed by atoms with Crippen molar-refractivity contribution < 1.29 is 29.2 Å². The molecule has 0 aliphatic carbocycles. The van der Waals surface area contributed by atoms with Crippen LogP contribution in [0.5, 0.6) is 11.5 Å². The van der Waals surface area contributed by atoms with E-state index >= 15 is 0 Å². The van der Waals surface area contributed by atoms with Gasteiger partial charge in [0.2, 0.25) is 6.29 Å². The molecule has 29 heavy (non-hydrogen) atoms. The molecule has 4 atom stereocenters. The molecule has 2 aromatic carbocycles. The molecule has 0 saturated carbocycles. The highest BCUT2D eigenvalue weighted by atomic mass is 16.7. The van der Waals surface area contributed by atoms with Crippen LogP contribution in [0.3, 0.4) is 0 Å². The maximum Gasteiger partial charge on any atom is 0.202 e. The SMILES string of the molecule is OCC1CC(O)CC(Oc2ccccc2Cc2ccc(OC3CCOC3)cc2)O1. The molecule has 2 fully saturated rings. The summed E-state index contributed by atoms with van der Waals surface area (Å²) in [5.41, 5.74) is 2.18. The molecule has 0 amide bonds. The molecule has 6 nitrogen and oxygen atoms in total. The predicted octanol–water partition coefficient (Wildman–Crippen LogP) is 2.68. The Morgan fingerprint density at radius 1 is 1.00 bits per heavy atom. The minimum absolute atomic E-state index is 0.125. The van der Waals surface area contributed by atoms with Crippen molar-refractivity contribution in [3.8, 4) is 11.5 Å². The molecule has 2 saturated heterocycles. The zero-order valence-electron chi connectivity index (χ0n) is 16.4. The third-order valence-corrected chi connectivity index (χ3v) is 5.29. The van der Waals surface area contributed by atoms with Gasteiger partial charge in [-0.3, -0.25) is 0 Å². The summed E-state index contributed by atoms with van der Waals surface area (Å²) in [7, 11) is 0. The molecular formula is C23H28O6. The van der Waals surface area contributed by atoms with Crippen LogP contribution < -0.4 is 9.47 Å². The average Bonchev–Trinajstić information content (AvgIpc) is 3.23. The quantitative estimate of drug-likeness (QED) is 0.744. The van der Waals surface area contributed by atoms with Gasteiger partial charge < -0.3 is 29.2 Å². The number of hydrogen-bond acceptors (Lipinski definition) is 6. The van der Waals surface area contributed by atoms with Crippen LogP contribution >= 0.6 is 0 Å². The van der Waals surface area contributed by atoms with Gasteiger partial charge in [0.15, 0.2) is 0 Å². The molecular weight excluding hydrogens is 372 g/mol. The third kappa shape index (κ3) is 5.48. The molecule has 2 heterocycles. The first-order chi connectivity index (χ1) is 14.2. The van der Waals surface area contributed by atoms with E-state index < -0.39 is 18.5 Å². The van der Waals surface area contributed by atoms with E-state index in [2.05, 4.69) is 12.1 Å². The van der Waals surface area contributed by atoms with Crippen LogP contribution in [0.2, 0.25) is 0 Å². The highest BCUT2D eigenvalue weighted by Crippen LogP contribution is 2.28. The van der Waals surface area contributed by atoms with Crippen LogP contribution in [-0.2, 0) is 15.9 Å². The largest absolute Gasteiger partial charge is 0.488 e. The summed E-state index contributed by atoms with van der Waals surface area (Å²) in [4.78, 5) is 0. The Morgan fingerprint density at radius 3 is 2.59 bits per heavy atom. The average molecular weight is 400 g/mol. The minimum atomic E-state index is -0.568. The van der Waals surface area contributed by atoms with Gasteiger partial charge in [-0.2, -0.15) is 0 Å². The third-order valence-electron chi connectivity index (χ3n) is 5.29. The Morgan fingerprint density at radius 2 is 1.83 bits per heavy atom. The number of rotatable bonds is 7. The molecule has 4 rings (SSSR count). The summed E-state index contributed by atoms with van der Waals surface area (Å²) in [5, 5.41) is 19.3. The van der Waals surface area contributed by atoms with Crippen molar-refractivity contribution in [2.45, 2.75) is 50.3 Å².